The van der Waals surface area contributed by atoms with E-state index in [2.05, 4.69) is 0 Å². The molecule has 1 aliphatic heterocycles. The molecular formula is C6H10ClNO. The van der Waals surface area contributed by atoms with E-state index in [1.165, 1.54) is 0 Å². The molecule has 0 aromatic rings. The second-order valence-electron chi connectivity index (χ2n) is 2.26. The predicted molar refractivity (Wildman–Crippen MR) is 36.3 cm³/mol. The van der Waals surface area contributed by atoms with Crippen molar-refractivity contribution in [2.24, 2.45) is 0 Å². The molecule has 0 aliphatic carbocycles. The van der Waals surface area contributed by atoms with Gasteiger partial charge in [-0.3, -0.25) is 4.79 Å². The van der Waals surface area contributed by atoms with Crippen molar-refractivity contribution in [1.29, 1.82) is 0 Å². The minimum absolute atomic E-state index is 0.125. The Kier molecular flexibility index (Phi) is 1.96. The summed E-state index contributed by atoms with van der Waals surface area (Å²) in [4.78, 5) is 12.6. The molecule has 0 aromatic carbocycles. The van der Waals surface area contributed by atoms with E-state index in [-0.39, 0.29) is 11.4 Å². The zero-order valence-electron chi connectivity index (χ0n) is 5.43. The molecule has 2 nitrogen and oxygen atoms in total. The summed E-state index contributed by atoms with van der Waals surface area (Å²) < 4.78 is 0. The minimum atomic E-state index is -0.125. The molecule has 0 spiro atoms. The van der Waals surface area contributed by atoms with Gasteiger partial charge in [0.05, 0.1) is 0 Å². The smallest absolute Gasteiger partial charge is 0.223 e. The van der Waals surface area contributed by atoms with Gasteiger partial charge in [0.2, 0.25) is 5.91 Å². The summed E-state index contributed by atoms with van der Waals surface area (Å²) in [7, 11) is 0. The summed E-state index contributed by atoms with van der Waals surface area (Å²) in [6, 6.07) is 0. The van der Waals surface area contributed by atoms with Crippen LogP contribution < -0.4 is 0 Å². The van der Waals surface area contributed by atoms with Crippen molar-refractivity contribution in [1.82, 2.24) is 4.90 Å². The van der Waals surface area contributed by atoms with Gasteiger partial charge in [-0.05, 0) is 13.3 Å². The van der Waals surface area contributed by atoms with Crippen LogP contribution in [0.3, 0.4) is 0 Å². The van der Waals surface area contributed by atoms with Gasteiger partial charge in [-0.25, -0.2) is 0 Å². The van der Waals surface area contributed by atoms with Crippen molar-refractivity contribution in [3.63, 3.8) is 0 Å². The molecule has 1 saturated heterocycles. The van der Waals surface area contributed by atoms with E-state index >= 15 is 0 Å². The van der Waals surface area contributed by atoms with Gasteiger partial charge in [0.1, 0.15) is 5.50 Å². The molecule has 0 saturated carbocycles. The summed E-state index contributed by atoms with van der Waals surface area (Å²) in [5.41, 5.74) is -0.125. The molecule has 52 valence electrons. The molecule has 0 bridgehead atoms. The number of likely N-dealkylation sites (tertiary alicyclic amines) is 1. The highest BCUT2D eigenvalue weighted by Gasteiger charge is 2.22. The SMILES string of the molecule is CC(Cl)N1CCCC1=O. The van der Waals surface area contributed by atoms with Gasteiger partial charge in [0.15, 0.2) is 0 Å². The molecule has 1 heterocycles. The van der Waals surface area contributed by atoms with Crippen molar-refractivity contribution in [2.45, 2.75) is 25.3 Å². The number of rotatable bonds is 1. The average Bonchev–Trinajstić information content (AvgIpc) is 2.13. The van der Waals surface area contributed by atoms with Gasteiger partial charge in [-0.1, -0.05) is 11.6 Å². The molecule has 1 unspecified atom stereocenters. The molecule has 1 atom stereocenters. The summed E-state index contributed by atoms with van der Waals surface area (Å²) >= 11 is 5.68. The highest BCUT2D eigenvalue weighted by atomic mass is 35.5. The van der Waals surface area contributed by atoms with Crippen LogP contribution >= 0.6 is 11.6 Å². The largest absolute Gasteiger partial charge is 0.327 e. The maximum absolute atomic E-state index is 10.9. The number of hydrogen-bond acceptors (Lipinski definition) is 1. The van der Waals surface area contributed by atoms with Crippen LogP contribution in [-0.4, -0.2) is 22.9 Å². The Hall–Kier alpha value is -0.240. The van der Waals surface area contributed by atoms with Crippen LogP contribution in [-0.2, 0) is 4.79 Å². The predicted octanol–water partition coefficient (Wildman–Crippen LogP) is 1.19. The first-order valence-electron chi connectivity index (χ1n) is 3.15. The van der Waals surface area contributed by atoms with Gasteiger partial charge in [-0.2, -0.15) is 0 Å². The Morgan fingerprint density at radius 2 is 2.44 bits per heavy atom. The maximum Gasteiger partial charge on any atom is 0.223 e. The number of nitrogens with zero attached hydrogens (tertiary/aromatic N) is 1. The van der Waals surface area contributed by atoms with Crippen LogP contribution in [0.1, 0.15) is 19.8 Å². The van der Waals surface area contributed by atoms with E-state index in [1.807, 2.05) is 6.92 Å². The molecule has 0 radical (unpaired) electrons. The van der Waals surface area contributed by atoms with E-state index in [9.17, 15) is 4.79 Å². The first kappa shape index (κ1) is 6.87. The van der Waals surface area contributed by atoms with Gasteiger partial charge in [-0.15, -0.1) is 0 Å². The lowest BCUT2D eigenvalue weighted by Crippen LogP contribution is -2.29. The van der Waals surface area contributed by atoms with Crippen molar-refractivity contribution in [3.05, 3.63) is 0 Å². The Bertz CT molecular complexity index is 124. The van der Waals surface area contributed by atoms with Crippen molar-refractivity contribution >= 4 is 17.5 Å². The molecule has 1 rings (SSSR count). The van der Waals surface area contributed by atoms with Gasteiger partial charge in [0.25, 0.3) is 0 Å². The molecular weight excluding hydrogens is 138 g/mol. The summed E-state index contributed by atoms with van der Waals surface area (Å²) in [5.74, 6) is 0.192. The Labute approximate surface area is 59.8 Å². The fraction of sp³-hybridized carbons (Fsp3) is 0.833. The molecule has 1 amide bonds. The lowest BCUT2D eigenvalue weighted by molar-refractivity contribution is -0.128. The standard InChI is InChI=1S/C6H10ClNO/c1-5(7)8-4-2-3-6(8)9/h5H,2-4H2,1H3. The number of amides is 1. The van der Waals surface area contributed by atoms with Crippen LogP contribution in [0.5, 0.6) is 0 Å². The number of alkyl halides is 1. The second kappa shape index (κ2) is 2.56. The monoisotopic (exact) mass is 147 g/mol. The Morgan fingerprint density at radius 1 is 1.78 bits per heavy atom. The minimum Gasteiger partial charge on any atom is -0.327 e. The number of carbonyl (C=O) groups is 1. The molecule has 0 N–H and O–H groups in total. The highest BCUT2D eigenvalue weighted by molar-refractivity contribution is 6.21. The first-order chi connectivity index (χ1) is 4.22. The quantitative estimate of drug-likeness (QED) is 0.403. The number of hydrogen-bond donors (Lipinski definition) is 0. The second-order valence-corrected chi connectivity index (χ2v) is 2.90. The lowest BCUT2D eigenvalue weighted by atomic mass is 10.4. The van der Waals surface area contributed by atoms with Crippen LogP contribution in [0.4, 0.5) is 0 Å². The number of carbonyl (C=O) groups excluding carboxylic acids is 1. The zero-order valence-corrected chi connectivity index (χ0v) is 6.19. The first-order valence-corrected chi connectivity index (χ1v) is 3.59. The Morgan fingerprint density at radius 3 is 2.67 bits per heavy atom. The fourth-order valence-electron chi connectivity index (χ4n) is 1.05. The van der Waals surface area contributed by atoms with E-state index in [0.717, 1.165) is 13.0 Å². The third-order valence-electron chi connectivity index (χ3n) is 1.54. The molecule has 3 heteroatoms. The summed E-state index contributed by atoms with van der Waals surface area (Å²) in [6.45, 7) is 2.66. The van der Waals surface area contributed by atoms with E-state index in [4.69, 9.17) is 11.6 Å². The number of halogens is 1. The van der Waals surface area contributed by atoms with Gasteiger partial charge in [0, 0.05) is 13.0 Å². The van der Waals surface area contributed by atoms with Crippen molar-refractivity contribution in [2.75, 3.05) is 6.54 Å². The van der Waals surface area contributed by atoms with Gasteiger partial charge >= 0.3 is 0 Å². The summed E-state index contributed by atoms with van der Waals surface area (Å²) in [6.07, 6.45) is 1.65. The van der Waals surface area contributed by atoms with Crippen LogP contribution in [0.2, 0.25) is 0 Å². The average molecular weight is 148 g/mol. The third kappa shape index (κ3) is 1.36. The molecule has 1 fully saturated rings. The van der Waals surface area contributed by atoms with E-state index < -0.39 is 0 Å². The lowest BCUT2D eigenvalue weighted by Gasteiger charge is -2.17. The highest BCUT2D eigenvalue weighted by Crippen LogP contribution is 2.14. The van der Waals surface area contributed by atoms with Crippen LogP contribution in [0, 0.1) is 0 Å². The van der Waals surface area contributed by atoms with Crippen LogP contribution in [0.25, 0.3) is 0 Å². The molecule has 1 aliphatic rings. The fourth-order valence-corrected chi connectivity index (χ4v) is 1.25. The maximum atomic E-state index is 10.9. The van der Waals surface area contributed by atoms with Crippen molar-refractivity contribution < 1.29 is 4.79 Å². The topological polar surface area (TPSA) is 20.3 Å². The van der Waals surface area contributed by atoms with E-state index in [0.29, 0.717) is 6.42 Å². The molecule has 9 heavy (non-hydrogen) atoms. The van der Waals surface area contributed by atoms with Crippen LogP contribution in [0.15, 0.2) is 0 Å². The molecule has 0 aromatic heterocycles. The zero-order chi connectivity index (χ0) is 6.85. The van der Waals surface area contributed by atoms with Crippen molar-refractivity contribution in [3.8, 4) is 0 Å². The van der Waals surface area contributed by atoms with Gasteiger partial charge < -0.3 is 4.90 Å². The Balaban J connectivity index is 2.49. The third-order valence-corrected chi connectivity index (χ3v) is 1.78. The summed E-state index contributed by atoms with van der Waals surface area (Å²) in [5, 5.41) is 0. The van der Waals surface area contributed by atoms with E-state index in [1.54, 1.807) is 4.90 Å². The normalized spacial score (nSPS) is 22.9.